The second-order valence-electron chi connectivity index (χ2n) is 4.54. The lowest BCUT2D eigenvalue weighted by molar-refractivity contribution is -0.144. The van der Waals surface area contributed by atoms with Crippen LogP contribution >= 0.6 is 0 Å². The van der Waals surface area contributed by atoms with E-state index >= 15 is 0 Å². The third-order valence-corrected chi connectivity index (χ3v) is 2.94. The molecule has 1 atom stereocenters. The van der Waals surface area contributed by atoms with E-state index in [0.717, 1.165) is 0 Å². The van der Waals surface area contributed by atoms with E-state index < -0.39 is 11.5 Å². The minimum absolute atomic E-state index is 0.161. The van der Waals surface area contributed by atoms with Gasteiger partial charge in [0.1, 0.15) is 11.3 Å². The van der Waals surface area contributed by atoms with E-state index in [-0.39, 0.29) is 18.9 Å². The number of carbonyl (C=O) groups is 2. The van der Waals surface area contributed by atoms with Crippen LogP contribution in [0.4, 0.5) is 5.82 Å². The van der Waals surface area contributed by atoms with Gasteiger partial charge in [0.15, 0.2) is 5.82 Å². The number of aryl methyl sites for hydroxylation is 1. The summed E-state index contributed by atoms with van der Waals surface area (Å²) in [5, 5.41) is 18.1. The van der Waals surface area contributed by atoms with Crippen LogP contribution in [-0.4, -0.2) is 34.2 Å². The maximum atomic E-state index is 11.6. The second kappa shape index (κ2) is 6.33. The van der Waals surface area contributed by atoms with Crippen LogP contribution < -0.4 is 10.6 Å². The monoisotopic (exact) mass is 269 g/mol. The van der Waals surface area contributed by atoms with Crippen LogP contribution in [0.2, 0.25) is 0 Å². The number of nitrogens with one attached hydrogen (secondary N) is 2. The number of aliphatic carboxylic acids is 1. The van der Waals surface area contributed by atoms with Crippen molar-refractivity contribution in [3.8, 4) is 0 Å². The van der Waals surface area contributed by atoms with Crippen molar-refractivity contribution in [2.24, 2.45) is 0 Å². The van der Waals surface area contributed by atoms with Crippen molar-refractivity contribution >= 4 is 17.7 Å². The van der Waals surface area contributed by atoms with Crippen LogP contribution in [-0.2, 0) is 9.59 Å². The summed E-state index contributed by atoms with van der Waals surface area (Å²) in [5.74, 6) is -0.205. The molecule has 0 aromatic carbocycles. The number of carboxylic acid groups (broad SMARTS) is 1. The molecule has 0 radical (unpaired) electrons. The Bertz CT molecular complexity index is 458. The van der Waals surface area contributed by atoms with E-state index in [9.17, 15) is 9.59 Å². The highest BCUT2D eigenvalue weighted by molar-refractivity contribution is 5.89. The fraction of sp³-hybridized carbons (Fsp3) is 0.583. The van der Waals surface area contributed by atoms with Crippen LogP contribution in [0.25, 0.3) is 0 Å². The summed E-state index contributed by atoms with van der Waals surface area (Å²) < 4.78 is 4.81. The molecular weight excluding hydrogens is 250 g/mol. The largest absolute Gasteiger partial charge is 0.480 e. The first-order valence-corrected chi connectivity index (χ1v) is 6.09. The van der Waals surface area contributed by atoms with Crippen molar-refractivity contribution in [2.45, 2.75) is 39.2 Å². The van der Waals surface area contributed by atoms with Crippen molar-refractivity contribution in [3.05, 3.63) is 11.8 Å². The normalized spacial score (nSPS) is 13.8. The van der Waals surface area contributed by atoms with Gasteiger partial charge in [-0.15, -0.1) is 0 Å². The third-order valence-electron chi connectivity index (χ3n) is 2.94. The molecule has 19 heavy (non-hydrogen) atoms. The minimum atomic E-state index is -1.01. The average Bonchev–Trinajstić information content (AvgIpc) is 2.74. The Hall–Kier alpha value is -1.89. The summed E-state index contributed by atoms with van der Waals surface area (Å²) in [4.78, 5) is 22.6. The molecule has 106 valence electrons. The Morgan fingerprint density at radius 3 is 2.68 bits per heavy atom. The number of hydrogen-bond donors (Lipinski definition) is 3. The summed E-state index contributed by atoms with van der Waals surface area (Å²) in [6.07, 6.45) is 0.598. The van der Waals surface area contributed by atoms with Gasteiger partial charge < -0.3 is 20.3 Å². The van der Waals surface area contributed by atoms with Gasteiger partial charge in [-0.05, 0) is 20.3 Å². The lowest BCUT2D eigenvalue weighted by Crippen LogP contribution is -2.49. The lowest BCUT2D eigenvalue weighted by atomic mass is 9.99. The van der Waals surface area contributed by atoms with Crippen LogP contribution in [0.3, 0.4) is 0 Å². The Morgan fingerprint density at radius 1 is 1.53 bits per heavy atom. The molecule has 0 aliphatic carbocycles. The SMILES string of the molecule is CCC(C)(NCCC(=O)Nc1cc(C)on1)C(=O)O. The van der Waals surface area contributed by atoms with E-state index in [1.807, 2.05) is 0 Å². The zero-order valence-corrected chi connectivity index (χ0v) is 11.3. The molecule has 0 saturated heterocycles. The van der Waals surface area contributed by atoms with Crippen LogP contribution in [0.5, 0.6) is 0 Å². The molecule has 0 bridgehead atoms. The van der Waals surface area contributed by atoms with Gasteiger partial charge in [0.05, 0.1) is 0 Å². The summed E-state index contributed by atoms with van der Waals surface area (Å²) in [5.41, 5.74) is -1.01. The Labute approximate surface area is 111 Å². The molecule has 0 spiro atoms. The molecule has 7 heteroatoms. The van der Waals surface area contributed by atoms with E-state index in [0.29, 0.717) is 18.0 Å². The highest BCUT2D eigenvalue weighted by Crippen LogP contribution is 2.10. The number of amides is 1. The summed E-state index contributed by atoms with van der Waals surface area (Å²) >= 11 is 0. The molecule has 0 aliphatic heterocycles. The van der Waals surface area contributed by atoms with Gasteiger partial charge in [0.25, 0.3) is 0 Å². The quantitative estimate of drug-likeness (QED) is 0.686. The van der Waals surface area contributed by atoms with Gasteiger partial charge in [-0.2, -0.15) is 0 Å². The molecule has 1 amide bonds. The van der Waals surface area contributed by atoms with Crippen LogP contribution in [0, 0.1) is 6.92 Å². The Balaban J connectivity index is 2.37. The number of aromatic nitrogens is 1. The first-order chi connectivity index (χ1) is 8.87. The van der Waals surface area contributed by atoms with E-state index in [1.54, 1.807) is 26.8 Å². The topological polar surface area (TPSA) is 104 Å². The maximum Gasteiger partial charge on any atom is 0.323 e. The molecule has 1 unspecified atom stereocenters. The number of nitrogens with zero attached hydrogens (tertiary/aromatic N) is 1. The predicted molar refractivity (Wildman–Crippen MR) is 68.8 cm³/mol. The van der Waals surface area contributed by atoms with Gasteiger partial charge in [-0.1, -0.05) is 12.1 Å². The smallest absolute Gasteiger partial charge is 0.323 e. The van der Waals surface area contributed by atoms with E-state index in [4.69, 9.17) is 9.63 Å². The highest BCUT2D eigenvalue weighted by Gasteiger charge is 2.30. The molecule has 7 nitrogen and oxygen atoms in total. The second-order valence-corrected chi connectivity index (χ2v) is 4.54. The number of anilines is 1. The van der Waals surface area contributed by atoms with Crippen molar-refractivity contribution in [1.29, 1.82) is 0 Å². The molecule has 0 aliphatic rings. The summed E-state index contributed by atoms with van der Waals surface area (Å²) in [6, 6.07) is 1.61. The molecule has 0 fully saturated rings. The van der Waals surface area contributed by atoms with Crippen LogP contribution in [0.15, 0.2) is 10.6 Å². The number of hydrogen-bond acceptors (Lipinski definition) is 5. The van der Waals surface area contributed by atoms with Crippen molar-refractivity contribution in [2.75, 3.05) is 11.9 Å². The van der Waals surface area contributed by atoms with Crippen LogP contribution in [0.1, 0.15) is 32.4 Å². The molecule has 0 saturated carbocycles. The Morgan fingerprint density at radius 2 is 2.21 bits per heavy atom. The number of rotatable bonds is 7. The van der Waals surface area contributed by atoms with Gasteiger partial charge in [-0.3, -0.25) is 9.59 Å². The molecule has 1 rings (SSSR count). The fourth-order valence-corrected chi connectivity index (χ4v) is 1.43. The molecule has 1 heterocycles. The van der Waals surface area contributed by atoms with E-state index in [1.165, 1.54) is 0 Å². The van der Waals surface area contributed by atoms with Gasteiger partial charge in [0.2, 0.25) is 5.91 Å². The summed E-state index contributed by atoms with van der Waals surface area (Å²) in [7, 11) is 0. The molecule has 3 N–H and O–H groups in total. The molecule has 1 aromatic heterocycles. The first-order valence-electron chi connectivity index (χ1n) is 6.09. The number of carboxylic acids is 1. The van der Waals surface area contributed by atoms with Crippen molar-refractivity contribution in [3.63, 3.8) is 0 Å². The predicted octanol–water partition coefficient (Wildman–Crippen LogP) is 1.15. The average molecular weight is 269 g/mol. The highest BCUT2D eigenvalue weighted by atomic mass is 16.5. The van der Waals surface area contributed by atoms with Gasteiger partial charge in [-0.25, -0.2) is 0 Å². The van der Waals surface area contributed by atoms with Gasteiger partial charge in [0, 0.05) is 19.0 Å². The van der Waals surface area contributed by atoms with E-state index in [2.05, 4.69) is 15.8 Å². The van der Waals surface area contributed by atoms with Crippen molar-refractivity contribution in [1.82, 2.24) is 10.5 Å². The Kier molecular flexibility index (Phi) is 5.05. The third kappa shape index (κ3) is 4.36. The first kappa shape index (κ1) is 15.2. The fourth-order valence-electron chi connectivity index (χ4n) is 1.43. The van der Waals surface area contributed by atoms with Gasteiger partial charge >= 0.3 is 5.97 Å². The zero-order valence-electron chi connectivity index (χ0n) is 11.3. The lowest BCUT2D eigenvalue weighted by Gasteiger charge is -2.24. The molecular formula is C12H19N3O4. The summed E-state index contributed by atoms with van der Waals surface area (Å²) in [6.45, 7) is 5.37. The number of carbonyl (C=O) groups excluding carboxylic acids is 1. The minimum Gasteiger partial charge on any atom is -0.480 e. The standard InChI is InChI=1S/C12H19N3O4/c1-4-12(3,11(17)18)13-6-5-10(16)14-9-7-8(2)19-15-9/h7,13H,4-6H2,1-3H3,(H,17,18)(H,14,15,16). The molecule has 1 aromatic rings. The van der Waals surface area contributed by atoms with Crippen molar-refractivity contribution < 1.29 is 19.2 Å². The maximum absolute atomic E-state index is 11.6. The zero-order chi connectivity index (χ0) is 14.5.